The molecule has 0 aliphatic rings. The first-order valence-corrected chi connectivity index (χ1v) is 7.95. The van der Waals surface area contributed by atoms with Crippen molar-refractivity contribution in [3.63, 3.8) is 0 Å². The van der Waals surface area contributed by atoms with E-state index in [2.05, 4.69) is 32.9 Å². The van der Waals surface area contributed by atoms with E-state index < -0.39 is 0 Å². The predicted molar refractivity (Wildman–Crippen MR) is 96.6 cm³/mol. The summed E-state index contributed by atoms with van der Waals surface area (Å²) >= 11 is 0. The zero-order chi connectivity index (χ0) is 17.5. The van der Waals surface area contributed by atoms with Gasteiger partial charge in [-0.15, -0.1) is 0 Å². The van der Waals surface area contributed by atoms with Crippen LogP contribution in [-0.4, -0.2) is 5.78 Å². The van der Waals surface area contributed by atoms with Crippen LogP contribution in [0.2, 0.25) is 0 Å². The van der Waals surface area contributed by atoms with Crippen molar-refractivity contribution < 1.29 is 9.21 Å². The van der Waals surface area contributed by atoms with E-state index in [1.165, 1.54) is 18.6 Å². The maximum atomic E-state index is 12.4. The second kappa shape index (κ2) is 5.75. The third-order valence-electron chi connectivity index (χ3n) is 4.17. The predicted octanol–water partition coefficient (Wildman–Crippen LogP) is 4.96. The van der Waals surface area contributed by atoms with Crippen LogP contribution in [0.25, 0.3) is 22.3 Å². The molecule has 122 valence electrons. The Kier molecular flexibility index (Phi) is 3.88. The standard InChI is InChI=1S/C21H20O3/c1-13(22)15-7-10-19-17(11-15)18(23)12-20(24-19)14-5-8-16(9-6-14)21(2,3)4/h5-12H,1-4H3. The first-order chi connectivity index (χ1) is 11.3. The Labute approximate surface area is 140 Å². The number of hydrogen-bond acceptors (Lipinski definition) is 3. The number of carbonyl (C=O) groups excluding carboxylic acids is 1. The first kappa shape index (κ1) is 16.2. The Bertz CT molecular complexity index is 971. The summed E-state index contributed by atoms with van der Waals surface area (Å²) in [7, 11) is 0. The smallest absolute Gasteiger partial charge is 0.193 e. The van der Waals surface area contributed by atoms with Crippen LogP contribution in [0.15, 0.2) is 57.7 Å². The minimum atomic E-state index is -0.144. The summed E-state index contributed by atoms with van der Waals surface area (Å²) < 4.78 is 5.88. The average Bonchev–Trinajstić information content (AvgIpc) is 2.53. The van der Waals surface area contributed by atoms with Crippen molar-refractivity contribution in [2.24, 2.45) is 0 Å². The lowest BCUT2D eigenvalue weighted by atomic mass is 9.86. The molecule has 3 rings (SSSR count). The van der Waals surface area contributed by atoms with Crippen LogP contribution >= 0.6 is 0 Å². The number of fused-ring (bicyclic) bond motifs is 1. The zero-order valence-corrected chi connectivity index (χ0v) is 14.3. The molecule has 2 aromatic carbocycles. The molecule has 0 aliphatic heterocycles. The summed E-state index contributed by atoms with van der Waals surface area (Å²) in [6, 6.07) is 14.5. The summed E-state index contributed by atoms with van der Waals surface area (Å²) in [5, 5.41) is 0.428. The van der Waals surface area contributed by atoms with Gasteiger partial charge in [0, 0.05) is 17.2 Å². The fourth-order valence-corrected chi connectivity index (χ4v) is 2.65. The lowest BCUT2D eigenvalue weighted by Crippen LogP contribution is -2.10. The van der Waals surface area contributed by atoms with Crippen LogP contribution in [0.3, 0.4) is 0 Å². The van der Waals surface area contributed by atoms with Gasteiger partial charge < -0.3 is 4.42 Å². The van der Waals surface area contributed by atoms with Crippen LogP contribution in [-0.2, 0) is 5.41 Å². The minimum absolute atomic E-state index is 0.0712. The van der Waals surface area contributed by atoms with E-state index in [-0.39, 0.29) is 16.6 Å². The Balaban J connectivity index is 2.09. The number of ketones is 1. The molecule has 24 heavy (non-hydrogen) atoms. The van der Waals surface area contributed by atoms with Gasteiger partial charge in [-0.25, -0.2) is 0 Å². The van der Waals surface area contributed by atoms with Crippen molar-refractivity contribution in [1.82, 2.24) is 0 Å². The van der Waals surface area contributed by atoms with Crippen molar-refractivity contribution >= 4 is 16.8 Å². The van der Waals surface area contributed by atoms with Crippen molar-refractivity contribution in [3.05, 3.63) is 69.9 Å². The molecule has 0 aliphatic carbocycles. The van der Waals surface area contributed by atoms with Gasteiger partial charge in [-0.2, -0.15) is 0 Å². The summed E-state index contributed by atoms with van der Waals surface area (Å²) in [6.45, 7) is 7.95. The Morgan fingerprint density at radius 2 is 1.62 bits per heavy atom. The van der Waals surface area contributed by atoms with E-state index in [9.17, 15) is 9.59 Å². The number of hydrogen-bond donors (Lipinski definition) is 0. The van der Waals surface area contributed by atoms with Gasteiger partial charge >= 0.3 is 0 Å². The quantitative estimate of drug-likeness (QED) is 0.627. The van der Waals surface area contributed by atoms with E-state index in [4.69, 9.17) is 4.42 Å². The van der Waals surface area contributed by atoms with E-state index in [0.29, 0.717) is 22.3 Å². The molecule has 3 nitrogen and oxygen atoms in total. The van der Waals surface area contributed by atoms with Crippen LogP contribution < -0.4 is 5.43 Å². The van der Waals surface area contributed by atoms with Gasteiger partial charge in [0.15, 0.2) is 11.2 Å². The van der Waals surface area contributed by atoms with E-state index in [0.717, 1.165) is 5.56 Å². The van der Waals surface area contributed by atoms with Crippen LogP contribution in [0.1, 0.15) is 43.6 Å². The number of rotatable bonds is 2. The van der Waals surface area contributed by atoms with E-state index in [1.807, 2.05) is 12.1 Å². The van der Waals surface area contributed by atoms with Crippen molar-refractivity contribution in [1.29, 1.82) is 0 Å². The maximum absolute atomic E-state index is 12.4. The highest BCUT2D eigenvalue weighted by atomic mass is 16.3. The Morgan fingerprint density at radius 3 is 2.21 bits per heavy atom. The molecule has 1 heterocycles. The molecule has 0 fully saturated rings. The lowest BCUT2D eigenvalue weighted by Gasteiger charge is -2.19. The van der Waals surface area contributed by atoms with Crippen molar-refractivity contribution in [3.8, 4) is 11.3 Å². The molecule has 0 saturated carbocycles. The molecular formula is C21H20O3. The monoisotopic (exact) mass is 320 g/mol. The molecule has 0 spiro atoms. The molecule has 0 radical (unpaired) electrons. The van der Waals surface area contributed by atoms with Crippen LogP contribution in [0.4, 0.5) is 0 Å². The summed E-state index contributed by atoms with van der Waals surface area (Å²) in [6.07, 6.45) is 0. The van der Waals surface area contributed by atoms with Gasteiger partial charge in [-0.1, -0.05) is 45.0 Å². The number of Topliss-reactive ketones (excluding diaryl/α,β-unsaturated/α-hetero) is 1. The third kappa shape index (κ3) is 3.02. The third-order valence-corrected chi connectivity index (χ3v) is 4.17. The van der Waals surface area contributed by atoms with E-state index >= 15 is 0 Å². The molecule has 0 amide bonds. The zero-order valence-electron chi connectivity index (χ0n) is 14.3. The SMILES string of the molecule is CC(=O)c1ccc2oc(-c3ccc(C(C)(C)C)cc3)cc(=O)c2c1. The molecule has 1 aromatic heterocycles. The molecule has 0 atom stereocenters. The average molecular weight is 320 g/mol. The Morgan fingerprint density at radius 1 is 0.958 bits per heavy atom. The fraction of sp³-hybridized carbons (Fsp3) is 0.238. The van der Waals surface area contributed by atoms with Gasteiger partial charge in [0.05, 0.1) is 5.39 Å². The first-order valence-electron chi connectivity index (χ1n) is 7.95. The molecule has 0 N–H and O–H groups in total. The second-order valence-electron chi connectivity index (χ2n) is 7.07. The largest absolute Gasteiger partial charge is 0.456 e. The van der Waals surface area contributed by atoms with Gasteiger partial charge in [-0.3, -0.25) is 9.59 Å². The lowest BCUT2D eigenvalue weighted by molar-refractivity contribution is 0.101. The fourth-order valence-electron chi connectivity index (χ4n) is 2.65. The Hall–Kier alpha value is -2.68. The molecule has 3 aromatic rings. The maximum Gasteiger partial charge on any atom is 0.193 e. The van der Waals surface area contributed by atoms with Gasteiger partial charge in [0.1, 0.15) is 11.3 Å². The minimum Gasteiger partial charge on any atom is -0.456 e. The van der Waals surface area contributed by atoms with Crippen LogP contribution in [0, 0.1) is 0 Å². The topological polar surface area (TPSA) is 47.3 Å². The molecule has 0 saturated heterocycles. The number of benzene rings is 2. The van der Waals surface area contributed by atoms with E-state index in [1.54, 1.807) is 18.2 Å². The summed E-state index contributed by atoms with van der Waals surface area (Å²) in [5.74, 6) is 0.460. The van der Waals surface area contributed by atoms with Gasteiger partial charge in [-0.05, 0) is 36.1 Å². The summed E-state index contributed by atoms with van der Waals surface area (Å²) in [5.41, 5.74) is 3.01. The highest BCUT2D eigenvalue weighted by molar-refractivity contribution is 5.97. The van der Waals surface area contributed by atoms with Crippen LogP contribution in [0.5, 0.6) is 0 Å². The molecular weight excluding hydrogens is 300 g/mol. The second-order valence-corrected chi connectivity index (χ2v) is 7.07. The van der Waals surface area contributed by atoms with Gasteiger partial charge in [0.2, 0.25) is 0 Å². The molecule has 3 heteroatoms. The van der Waals surface area contributed by atoms with Crippen molar-refractivity contribution in [2.45, 2.75) is 33.1 Å². The summed E-state index contributed by atoms with van der Waals surface area (Å²) in [4.78, 5) is 23.9. The van der Waals surface area contributed by atoms with Gasteiger partial charge in [0.25, 0.3) is 0 Å². The molecule has 0 bridgehead atoms. The van der Waals surface area contributed by atoms with Crippen molar-refractivity contribution in [2.75, 3.05) is 0 Å². The normalized spacial score (nSPS) is 11.7. The number of carbonyl (C=O) groups is 1. The highest BCUT2D eigenvalue weighted by Gasteiger charge is 2.14. The highest BCUT2D eigenvalue weighted by Crippen LogP contribution is 2.27. The molecule has 0 unspecified atom stereocenters.